The van der Waals surface area contributed by atoms with E-state index in [0.29, 0.717) is 0 Å². The van der Waals surface area contributed by atoms with E-state index in [1.165, 1.54) is 0 Å². The van der Waals surface area contributed by atoms with Crippen molar-refractivity contribution in [2.75, 3.05) is 0 Å². The smallest absolute Gasteiger partial charge is 0.0971 e. The predicted molar refractivity (Wildman–Crippen MR) is 78.1 cm³/mol. The minimum Gasteiger partial charge on any atom is -0.264 e. The van der Waals surface area contributed by atoms with Gasteiger partial charge in [0, 0.05) is 58.7 Å². The highest BCUT2D eigenvalue weighted by molar-refractivity contribution is 6.01. The summed E-state index contributed by atoms with van der Waals surface area (Å²) >= 11 is 0. The Hall–Kier alpha value is -2.88. The fourth-order valence-corrected chi connectivity index (χ4v) is 2.41. The molecule has 0 aliphatic heterocycles. The van der Waals surface area contributed by atoms with Gasteiger partial charge in [-0.25, -0.2) is 0 Å². The lowest BCUT2D eigenvalue weighted by Gasteiger charge is -2.07. The number of rotatable bonds is 1. The number of hydrogen-bond donors (Lipinski definition) is 0. The highest BCUT2D eigenvalue weighted by Crippen LogP contribution is 2.29. The van der Waals surface area contributed by atoms with Crippen molar-refractivity contribution in [3.05, 3.63) is 61.4 Å². The molecule has 20 heavy (non-hydrogen) atoms. The molecule has 0 saturated heterocycles. The zero-order valence-corrected chi connectivity index (χ0v) is 10.6. The summed E-state index contributed by atoms with van der Waals surface area (Å²) in [6.07, 6.45) is 10.8. The van der Waals surface area contributed by atoms with Crippen LogP contribution in [0, 0.1) is 0 Å². The summed E-state index contributed by atoms with van der Waals surface area (Å²) in [6, 6.07) is 7.86. The molecule has 0 saturated carbocycles. The van der Waals surface area contributed by atoms with Crippen molar-refractivity contribution in [1.29, 1.82) is 0 Å². The first-order valence-corrected chi connectivity index (χ1v) is 6.31. The fourth-order valence-electron chi connectivity index (χ4n) is 2.41. The Labute approximate surface area is 115 Å². The SMILES string of the molecule is c1cc2c(-c3nccc4cnccc34)nccc2cn1. The predicted octanol–water partition coefficient (Wildman–Crippen LogP) is 3.24. The van der Waals surface area contributed by atoms with Crippen LogP contribution in [0.5, 0.6) is 0 Å². The molecule has 0 spiro atoms. The molecule has 0 amide bonds. The first-order chi connectivity index (χ1) is 9.93. The van der Waals surface area contributed by atoms with E-state index < -0.39 is 0 Å². The topological polar surface area (TPSA) is 51.6 Å². The van der Waals surface area contributed by atoms with Crippen molar-refractivity contribution in [3.63, 3.8) is 0 Å². The summed E-state index contributed by atoms with van der Waals surface area (Å²) in [5.41, 5.74) is 1.75. The third kappa shape index (κ3) is 1.62. The normalized spacial score (nSPS) is 11.0. The minimum absolute atomic E-state index is 0.877. The minimum atomic E-state index is 0.877. The van der Waals surface area contributed by atoms with Gasteiger partial charge in [-0.05, 0) is 24.3 Å². The standard InChI is InChI=1S/C16H10N4/c1-7-19-15(13-3-5-17-9-11(1)13)16-14-4-6-18-10-12(14)2-8-20-16/h1-10H. The molecule has 94 valence electrons. The van der Waals surface area contributed by atoms with E-state index in [1.807, 2.05) is 36.7 Å². The van der Waals surface area contributed by atoms with Crippen LogP contribution in [0.3, 0.4) is 0 Å². The van der Waals surface area contributed by atoms with E-state index in [9.17, 15) is 0 Å². The maximum absolute atomic E-state index is 4.52. The van der Waals surface area contributed by atoms with E-state index in [1.54, 1.807) is 24.8 Å². The van der Waals surface area contributed by atoms with Gasteiger partial charge in [0.05, 0.1) is 11.4 Å². The Balaban J connectivity index is 2.12. The second kappa shape index (κ2) is 4.35. The molecule has 4 heterocycles. The summed E-state index contributed by atoms with van der Waals surface area (Å²) in [7, 11) is 0. The first kappa shape index (κ1) is 11.0. The van der Waals surface area contributed by atoms with E-state index in [-0.39, 0.29) is 0 Å². The summed E-state index contributed by atoms with van der Waals surface area (Å²) in [6.45, 7) is 0. The molecule has 0 radical (unpaired) electrons. The third-order valence-electron chi connectivity index (χ3n) is 3.35. The molecular weight excluding hydrogens is 248 g/mol. The van der Waals surface area contributed by atoms with Crippen molar-refractivity contribution in [2.45, 2.75) is 0 Å². The number of nitrogens with zero attached hydrogens (tertiary/aromatic N) is 4. The lowest BCUT2D eigenvalue weighted by Crippen LogP contribution is -1.91. The maximum Gasteiger partial charge on any atom is 0.0971 e. The van der Waals surface area contributed by atoms with Crippen LogP contribution in [0.1, 0.15) is 0 Å². The van der Waals surface area contributed by atoms with Gasteiger partial charge in [-0.2, -0.15) is 0 Å². The molecule has 0 aliphatic carbocycles. The van der Waals surface area contributed by atoms with Crippen molar-refractivity contribution < 1.29 is 0 Å². The van der Waals surface area contributed by atoms with Crippen molar-refractivity contribution in [2.24, 2.45) is 0 Å². The summed E-state index contributed by atoms with van der Waals surface area (Å²) in [5.74, 6) is 0. The van der Waals surface area contributed by atoms with Gasteiger partial charge in [-0.15, -0.1) is 0 Å². The van der Waals surface area contributed by atoms with E-state index in [0.717, 1.165) is 32.9 Å². The van der Waals surface area contributed by atoms with E-state index >= 15 is 0 Å². The van der Waals surface area contributed by atoms with E-state index in [4.69, 9.17) is 0 Å². The molecule has 4 aromatic heterocycles. The van der Waals surface area contributed by atoms with Crippen LogP contribution in [0.15, 0.2) is 61.4 Å². The molecule has 0 N–H and O–H groups in total. The molecular formula is C16H10N4. The largest absolute Gasteiger partial charge is 0.264 e. The second-order valence-corrected chi connectivity index (χ2v) is 4.51. The fraction of sp³-hybridized carbons (Fsp3) is 0. The van der Waals surface area contributed by atoms with Gasteiger partial charge in [-0.3, -0.25) is 19.9 Å². The van der Waals surface area contributed by atoms with Crippen LogP contribution in [-0.4, -0.2) is 19.9 Å². The Morgan fingerprint density at radius 3 is 1.55 bits per heavy atom. The van der Waals surface area contributed by atoms with Crippen LogP contribution in [0.2, 0.25) is 0 Å². The second-order valence-electron chi connectivity index (χ2n) is 4.51. The molecule has 0 aromatic carbocycles. The molecule has 4 heteroatoms. The van der Waals surface area contributed by atoms with Crippen molar-refractivity contribution in [3.8, 4) is 11.4 Å². The third-order valence-corrected chi connectivity index (χ3v) is 3.35. The molecule has 0 fully saturated rings. The van der Waals surface area contributed by atoms with Crippen molar-refractivity contribution in [1.82, 2.24) is 19.9 Å². The summed E-state index contributed by atoms with van der Waals surface area (Å²) < 4.78 is 0. The molecule has 4 aromatic rings. The molecule has 0 bridgehead atoms. The van der Waals surface area contributed by atoms with Gasteiger partial charge in [0.25, 0.3) is 0 Å². The number of fused-ring (bicyclic) bond motifs is 2. The van der Waals surface area contributed by atoms with Crippen LogP contribution in [0.4, 0.5) is 0 Å². The molecule has 0 atom stereocenters. The zero-order chi connectivity index (χ0) is 13.4. The van der Waals surface area contributed by atoms with E-state index in [2.05, 4.69) is 19.9 Å². The Bertz CT molecular complexity index is 830. The maximum atomic E-state index is 4.52. The van der Waals surface area contributed by atoms with Crippen molar-refractivity contribution >= 4 is 21.5 Å². The number of aromatic nitrogens is 4. The lowest BCUT2D eigenvalue weighted by atomic mass is 10.1. The quantitative estimate of drug-likeness (QED) is 0.526. The van der Waals surface area contributed by atoms with Crippen LogP contribution >= 0.6 is 0 Å². The Kier molecular flexibility index (Phi) is 2.39. The lowest BCUT2D eigenvalue weighted by molar-refractivity contribution is 1.27. The number of pyridine rings is 4. The van der Waals surface area contributed by atoms with Crippen LogP contribution in [0.25, 0.3) is 32.9 Å². The van der Waals surface area contributed by atoms with Gasteiger partial charge >= 0.3 is 0 Å². The first-order valence-electron chi connectivity index (χ1n) is 6.31. The molecule has 0 aliphatic rings. The van der Waals surface area contributed by atoms with Crippen LogP contribution in [-0.2, 0) is 0 Å². The monoisotopic (exact) mass is 258 g/mol. The Morgan fingerprint density at radius 2 is 1.05 bits per heavy atom. The van der Waals surface area contributed by atoms with Gasteiger partial charge in [-0.1, -0.05) is 0 Å². The summed E-state index contributed by atoms with van der Waals surface area (Å²) in [4.78, 5) is 17.3. The molecule has 4 nitrogen and oxygen atoms in total. The molecule has 0 unspecified atom stereocenters. The zero-order valence-electron chi connectivity index (χ0n) is 10.6. The summed E-state index contributed by atoms with van der Waals surface area (Å²) in [5, 5.41) is 4.23. The van der Waals surface area contributed by atoms with Gasteiger partial charge in [0.15, 0.2) is 0 Å². The Morgan fingerprint density at radius 1 is 0.550 bits per heavy atom. The number of hydrogen-bond acceptors (Lipinski definition) is 4. The highest BCUT2D eigenvalue weighted by Gasteiger charge is 2.10. The van der Waals surface area contributed by atoms with Gasteiger partial charge in [0.2, 0.25) is 0 Å². The molecule has 4 rings (SSSR count). The highest BCUT2D eigenvalue weighted by atomic mass is 14.8. The van der Waals surface area contributed by atoms with Gasteiger partial charge < -0.3 is 0 Å². The average Bonchev–Trinajstić information content (AvgIpc) is 2.54. The van der Waals surface area contributed by atoms with Gasteiger partial charge in [0.1, 0.15) is 0 Å². The van der Waals surface area contributed by atoms with Crippen LogP contribution < -0.4 is 0 Å². The average molecular weight is 258 g/mol.